The second-order valence-corrected chi connectivity index (χ2v) is 8.29. The summed E-state index contributed by atoms with van der Waals surface area (Å²) in [5, 5.41) is 3.80. The molecule has 0 aliphatic heterocycles. The Labute approximate surface area is 165 Å². The van der Waals surface area contributed by atoms with Crippen molar-refractivity contribution in [2.75, 3.05) is 10.8 Å². The molecule has 148 valence electrons. The summed E-state index contributed by atoms with van der Waals surface area (Å²) in [6.45, 7) is 5.65. The number of sulfonamides is 1. The summed E-state index contributed by atoms with van der Waals surface area (Å²) >= 11 is 0. The lowest BCUT2D eigenvalue weighted by molar-refractivity contribution is 0.390. The van der Waals surface area contributed by atoms with E-state index in [1.54, 1.807) is 38.1 Å². The Morgan fingerprint density at radius 2 is 1.64 bits per heavy atom. The van der Waals surface area contributed by atoms with Crippen LogP contribution < -0.4 is 9.04 Å². The molecule has 0 saturated heterocycles. The van der Waals surface area contributed by atoms with Gasteiger partial charge in [-0.05, 0) is 56.7 Å². The minimum Gasteiger partial charge on any atom is -0.457 e. The normalized spacial score (nSPS) is 11.4. The Morgan fingerprint density at radius 1 is 1.00 bits per heavy atom. The van der Waals surface area contributed by atoms with Crippen molar-refractivity contribution in [3.05, 3.63) is 66.1 Å². The molecule has 1 aromatic heterocycles. The number of unbranched alkanes of at least 4 members (excludes halogenated alkanes) is 1. The minimum atomic E-state index is -3.78. The van der Waals surface area contributed by atoms with Crippen LogP contribution in [0.5, 0.6) is 11.5 Å². The Bertz CT molecular complexity index is 993. The molecule has 0 bridgehead atoms. The standard InChI is InChI=1S/C21H24N2O4S/c1-4-5-15-23(28(24,25)21-16(2)22-27-17(21)3)18-11-13-20(14-12-18)26-19-9-7-6-8-10-19/h6-14H,4-5,15H2,1-3H3. The van der Waals surface area contributed by atoms with Crippen LogP contribution in [0.4, 0.5) is 5.69 Å². The van der Waals surface area contributed by atoms with Gasteiger partial charge in [-0.25, -0.2) is 8.42 Å². The van der Waals surface area contributed by atoms with E-state index in [-0.39, 0.29) is 4.90 Å². The first-order valence-electron chi connectivity index (χ1n) is 9.22. The highest BCUT2D eigenvalue weighted by molar-refractivity contribution is 7.93. The van der Waals surface area contributed by atoms with Gasteiger partial charge in [0.2, 0.25) is 0 Å². The monoisotopic (exact) mass is 400 g/mol. The van der Waals surface area contributed by atoms with Crippen molar-refractivity contribution in [1.82, 2.24) is 5.16 Å². The molecule has 3 aromatic rings. The van der Waals surface area contributed by atoms with Crippen molar-refractivity contribution in [2.45, 2.75) is 38.5 Å². The number of benzene rings is 2. The molecular weight excluding hydrogens is 376 g/mol. The van der Waals surface area contributed by atoms with E-state index in [1.165, 1.54) is 4.31 Å². The predicted octanol–water partition coefficient (Wildman–Crippen LogP) is 5.08. The lowest BCUT2D eigenvalue weighted by Crippen LogP contribution is -2.32. The largest absolute Gasteiger partial charge is 0.457 e. The van der Waals surface area contributed by atoms with Gasteiger partial charge in [0.1, 0.15) is 17.2 Å². The Morgan fingerprint density at radius 3 is 2.21 bits per heavy atom. The quantitative estimate of drug-likeness (QED) is 0.527. The topological polar surface area (TPSA) is 72.6 Å². The highest BCUT2D eigenvalue weighted by Crippen LogP contribution is 2.30. The highest BCUT2D eigenvalue weighted by atomic mass is 32.2. The molecule has 0 aliphatic rings. The number of aryl methyl sites for hydroxylation is 2. The molecule has 3 rings (SSSR count). The summed E-state index contributed by atoms with van der Waals surface area (Å²) in [6.07, 6.45) is 1.62. The Balaban J connectivity index is 1.91. The van der Waals surface area contributed by atoms with Crippen molar-refractivity contribution >= 4 is 15.7 Å². The van der Waals surface area contributed by atoms with Gasteiger partial charge in [-0.15, -0.1) is 0 Å². The van der Waals surface area contributed by atoms with E-state index in [9.17, 15) is 8.42 Å². The third-order valence-corrected chi connectivity index (χ3v) is 6.41. The van der Waals surface area contributed by atoms with E-state index in [0.717, 1.165) is 18.6 Å². The maximum Gasteiger partial charge on any atom is 0.269 e. The number of anilines is 1. The summed E-state index contributed by atoms with van der Waals surface area (Å²) in [5.41, 5.74) is 0.942. The third kappa shape index (κ3) is 4.20. The second-order valence-electron chi connectivity index (χ2n) is 6.49. The van der Waals surface area contributed by atoms with Gasteiger partial charge in [0, 0.05) is 6.54 Å². The number of para-hydroxylation sites is 1. The number of nitrogens with zero attached hydrogens (tertiary/aromatic N) is 2. The molecule has 0 atom stereocenters. The molecule has 0 unspecified atom stereocenters. The van der Waals surface area contributed by atoms with Crippen LogP contribution in [0.1, 0.15) is 31.2 Å². The molecule has 28 heavy (non-hydrogen) atoms. The molecule has 0 radical (unpaired) electrons. The maximum absolute atomic E-state index is 13.3. The molecule has 6 nitrogen and oxygen atoms in total. The fourth-order valence-corrected chi connectivity index (χ4v) is 4.75. The van der Waals surface area contributed by atoms with Crippen molar-refractivity contribution < 1.29 is 17.7 Å². The van der Waals surface area contributed by atoms with Crippen molar-refractivity contribution in [1.29, 1.82) is 0 Å². The first-order chi connectivity index (χ1) is 13.4. The van der Waals surface area contributed by atoms with Crippen LogP contribution in [0.3, 0.4) is 0 Å². The highest BCUT2D eigenvalue weighted by Gasteiger charge is 2.31. The van der Waals surface area contributed by atoms with Crippen LogP contribution in [0, 0.1) is 13.8 Å². The van der Waals surface area contributed by atoms with E-state index in [4.69, 9.17) is 9.26 Å². The van der Waals surface area contributed by atoms with Crippen LogP contribution >= 0.6 is 0 Å². The number of rotatable bonds is 8. The van der Waals surface area contributed by atoms with E-state index in [2.05, 4.69) is 5.16 Å². The van der Waals surface area contributed by atoms with Crippen molar-refractivity contribution in [2.24, 2.45) is 0 Å². The van der Waals surface area contributed by atoms with E-state index >= 15 is 0 Å². The molecular formula is C21H24N2O4S. The number of aromatic nitrogens is 1. The van der Waals surface area contributed by atoms with Crippen LogP contribution in [0.25, 0.3) is 0 Å². The zero-order valence-electron chi connectivity index (χ0n) is 16.3. The SMILES string of the molecule is CCCCN(c1ccc(Oc2ccccc2)cc1)S(=O)(=O)c1c(C)noc1C. The average Bonchev–Trinajstić information content (AvgIpc) is 3.03. The molecule has 0 fully saturated rings. The summed E-state index contributed by atoms with van der Waals surface area (Å²) in [6, 6.07) is 16.5. The zero-order chi connectivity index (χ0) is 20.1. The third-order valence-electron chi connectivity index (χ3n) is 4.33. The minimum absolute atomic E-state index is 0.133. The van der Waals surface area contributed by atoms with E-state index in [0.29, 0.717) is 29.4 Å². The summed E-state index contributed by atoms with van der Waals surface area (Å²) in [4.78, 5) is 0.133. The predicted molar refractivity (Wildman–Crippen MR) is 108 cm³/mol. The van der Waals surface area contributed by atoms with Crippen LogP contribution in [0.2, 0.25) is 0 Å². The van der Waals surface area contributed by atoms with Crippen LogP contribution in [-0.2, 0) is 10.0 Å². The summed E-state index contributed by atoms with van der Waals surface area (Å²) in [7, 11) is -3.78. The molecule has 2 aromatic carbocycles. The van der Waals surface area contributed by atoms with Crippen molar-refractivity contribution in [3.8, 4) is 11.5 Å². The van der Waals surface area contributed by atoms with Gasteiger partial charge in [-0.3, -0.25) is 4.31 Å². The lowest BCUT2D eigenvalue weighted by Gasteiger charge is -2.24. The molecule has 1 heterocycles. The van der Waals surface area contributed by atoms with E-state index < -0.39 is 10.0 Å². The average molecular weight is 401 g/mol. The maximum atomic E-state index is 13.3. The Kier molecular flexibility index (Phi) is 6.04. The summed E-state index contributed by atoms with van der Waals surface area (Å²) in [5.74, 6) is 1.66. The molecule has 0 aliphatic carbocycles. The van der Waals surface area contributed by atoms with Gasteiger partial charge in [0.15, 0.2) is 10.7 Å². The molecule has 7 heteroatoms. The second kappa shape index (κ2) is 8.48. The Hall–Kier alpha value is -2.80. The molecule has 0 saturated carbocycles. The zero-order valence-corrected chi connectivity index (χ0v) is 17.1. The molecule has 0 N–H and O–H groups in total. The first kappa shape index (κ1) is 19.9. The van der Waals surface area contributed by atoms with Crippen molar-refractivity contribution in [3.63, 3.8) is 0 Å². The van der Waals surface area contributed by atoms with Gasteiger partial charge < -0.3 is 9.26 Å². The molecule has 0 spiro atoms. The lowest BCUT2D eigenvalue weighted by atomic mass is 10.2. The van der Waals surface area contributed by atoms with Gasteiger partial charge in [-0.1, -0.05) is 36.7 Å². The van der Waals surface area contributed by atoms with Gasteiger partial charge in [0.25, 0.3) is 10.0 Å². The van der Waals surface area contributed by atoms with Gasteiger partial charge in [0.05, 0.1) is 5.69 Å². The van der Waals surface area contributed by atoms with E-state index in [1.807, 2.05) is 37.3 Å². The number of hydrogen-bond acceptors (Lipinski definition) is 5. The van der Waals surface area contributed by atoms with Gasteiger partial charge in [-0.2, -0.15) is 0 Å². The van der Waals surface area contributed by atoms with Crippen LogP contribution in [-0.4, -0.2) is 20.1 Å². The summed E-state index contributed by atoms with van der Waals surface area (Å²) < 4.78 is 38.9. The smallest absolute Gasteiger partial charge is 0.269 e. The fraction of sp³-hybridized carbons (Fsp3) is 0.286. The number of hydrogen-bond donors (Lipinski definition) is 0. The van der Waals surface area contributed by atoms with Crippen LogP contribution in [0.15, 0.2) is 64.0 Å². The van der Waals surface area contributed by atoms with Gasteiger partial charge >= 0.3 is 0 Å². The molecule has 0 amide bonds. The number of ether oxygens (including phenoxy) is 1. The fourth-order valence-electron chi connectivity index (χ4n) is 2.95. The first-order valence-corrected chi connectivity index (χ1v) is 10.7.